The lowest BCUT2D eigenvalue weighted by Gasteiger charge is -2.24. The zero-order chi connectivity index (χ0) is 40.6. The van der Waals surface area contributed by atoms with E-state index in [0.29, 0.717) is 0 Å². The average Bonchev–Trinajstić information content (AvgIpc) is 3.24. The standard InChI is InChI=1S/C55H99P2/c1-4-6-8-10-12-14-16-18-20-22-25-29-33-43-51-57(3,52-44-34-30-26-23-21-19-17-15-13-11-9-7-5-2)53-45-35-31-27-24-28-32-42-50-56(54-46-38-36-39-47-54)55-48-40-37-41-49-55/h36-41,46-49H,4-35,42-45,50-53H2,1-3H3/q+1. The Morgan fingerprint density at radius 3 is 0.789 bits per heavy atom. The Labute approximate surface area is 361 Å². The van der Waals surface area contributed by atoms with Crippen molar-refractivity contribution in [2.24, 2.45) is 0 Å². The number of benzene rings is 2. The fraction of sp³-hybridized carbons (Fsp3) is 0.782. The topological polar surface area (TPSA) is 0 Å². The Balaban J connectivity index is 1.59. The maximum Gasteiger partial charge on any atom is 0.0591 e. The molecule has 0 atom stereocenters. The van der Waals surface area contributed by atoms with Crippen LogP contribution in [-0.2, 0) is 0 Å². The van der Waals surface area contributed by atoms with Gasteiger partial charge in [0.2, 0.25) is 0 Å². The van der Waals surface area contributed by atoms with Crippen molar-refractivity contribution in [3.05, 3.63) is 60.7 Å². The highest BCUT2D eigenvalue weighted by atomic mass is 31.2. The van der Waals surface area contributed by atoms with Gasteiger partial charge >= 0.3 is 0 Å². The Bertz CT molecular complexity index is 995. The summed E-state index contributed by atoms with van der Waals surface area (Å²) in [5.41, 5.74) is 0. The third kappa shape index (κ3) is 30.9. The van der Waals surface area contributed by atoms with E-state index in [1.807, 2.05) is 0 Å². The van der Waals surface area contributed by atoms with Crippen LogP contribution in [0.3, 0.4) is 0 Å². The molecule has 0 aliphatic heterocycles. The van der Waals surface area contributed by atoms with Crippen molar-refractivity contribution in [3.8, 4) is 0 Å². The molecule has 328 valence electrons. The van der Waals surface area contributed by atoms with Crippen molar-refractivity contribution < 1.29 is 0 Å². The highest BCUT2D eigenvalue weighted by Gasteiger charge is 2.29. The predicted octanol–water partition coefficient (Wildman–Crippen LogP) is 18.9. The normalized spacial score (nSPS) is 11.9. The average molecular weight is 822 g/mol. The Kier molecular flexibility index (Phi) is 36.3. The van der Waals surface area contributed by atoms with Crippen LogP contribution in [0.25, 0.3) is 0 Å². The lowest BCUT2D eigenvalue weighted by molar-refractivity contribution is 0.537. The number of hydrogen-bond acceptors (Lipinski definition) is 0. The van der Waals surface area contributed by atoms with Crippen molar-refractivity contribution in [1.82, 2.24) is 0 Å². The van der Waals surface area contributed by atoms with E-state index in [4.69, 9.17) is 0 Å². The Morgan fingerprint density at radius 1 is 0.298 bits per heavy atom. The van der Waals surface area contributed by atoms with E-state index in [9.17, 15) is 0 Å². The van der Waals surface area contributed by atoms with Crippen molar-refractivity contribution in [3.63, 3.8) is 0 Å². The summed E-state index contributed by atoms with van der Waals surface area (Å²) in [6, 6.07) is 22.6. The van der Waals surface area contributed by atoms with Crippen LogP contribution in [0.15, 0.2) is 60.7 Å². The van der Waals surface area contributed by atoms with Crippen molar-refractivity contribution >= 4 is 25.8 Å². The monoisotopic (exact) mass is 822 g/mol. The maximum absolute atomic E-state index is 2.80. The highest BCUT2D eigenvalue weighted by Crippen LogP contribution is 2.57. The van der Waals surface area contributed by atoms with Crippen molar-refractivity contribution in [2.45, 2.75) is 245 Å². The van der Waals surface area contributed by atoms with Gasteiger partial charge in [-0.2, -0.15) is 0 Å². The number of unbranched alkanes of at least 4 members (excludes halogenated alkanes) is 33. The molecule has 0 radical (unpaired) electrons. The molecule has 0 unspecified atom stereocenters. The lowest BCUT2D eigenvalue weighted by atomic mass is 10.0. The SMILES string of the molecule is CCCCCCCCCCCCCCCC[P+](C)(CCCCCCCCCCCCCCCC)CCCCCCCCCCP(c1ccccc1)c1ccccc1. The summed E-state index contributed by atoms with van der Waals surface area (Å²) in [6.07, 6.45) is 59.1. The first-order chi connectivity index (χ1) is 28.2. The largest absolute Gasteiger partial charge is 0.0654 e. The molecular formula is C55H99P2+. The molecule has 2 aromatic rings. The zero-order valence-corrected chi connectivity index (χ0v) is 40.7. The Morgan fingerprint density at radius 2 is 0.526 bits per heavy atom. The van der Waals surface area contributed by atoms with Crippen LogP contribution in [-0.4, -0.2) is 31.3 Å². The lowest BCUT2D eigenvalue weighted by Crippen LogP contribution is -2.13. The van der Waals surface area contributed by atoms with Crippen LogP contribution in [0.4, 0.5) is 0 Å². The summed E-state index contributed by atoms with van der Waals surface area (Å²) in [5.74, 6) is 0. The second-order valence-electron chi connectivity index (χ2n) is 18.6. The quantitative estimate of drug-likeness (QED) is 0.0462. The van der Waals surface area contributed by atoms with Crippen LogP contribution >= 0.6 is 15.2 Å². The van der Waals surface area contributed by atoms with Gasteiger partial charge in [0.05, 0.1) is 18.5 Å². The van der Waals surface area contributed by atoms with Gasteiger partial charge in [-0.25, -0.2) is 0 Å². The molecule has 0 heterocycles. The van der Waals surface area contributed by atoms with Crippen LogP contribution in [0.5, 0.6) is 0 Å². The summed E-state index contributed by atoms with van der Waals surface area (Å²) < 4.78 is 0. The molecule has 0 N–H and O–H groups in total. The second kappa shape index (κ2) is 39.4. The van der Waals surface area contributed by atoms with Crippen LogP contribution < -0.4 is 10.6 Å². The minimum Gasteiger partial charge on any atom is -0.0654 e. The molecule has 0 fully saturated rings. The van der Waals surface area contributed by atoms with Gasteiger partial charge in [-0.15, -0.1) is 0 Å². The third-order valence-corrected chi connectivity index (χ3v) is 19.9. The van der Waals surface area contributed by atoms with E-state index in [1.165, 1.54) is 237 Å². The molecule has 0 nitrogen and oxygen atoms in total. The van der Waals surface area contributed by atoms with Crippen LogP contribution in [0, 0.1) is 0 Å². The summed E-state index contributed by atoms with van der Waals surface area (Å²) in [6.45, 7) is 7.45. The van der Waals surface area contributed by atoms with E-state index in [0.717, 1.165) is 0 Å². The molecule has 0 saturated carbocycles. The summed E-state index contributed by atoms with van der Waals surface area (Å²) in [4.78, 5) is 0. The number of hydrogen-bond donors (Lipinski definition) is 0. The molecule has 0 amide bonds. The van der Waals surface area contributed by atoms with Gasteiger partial charge in [-0.1, -0.05) is 261 Å². The van der Waals surface area contributed by atoms with Gasteiger partial charge in [-0.05, 0) is 69.6 Å². The molecule has 0 aliphatic rings. The van der Waals surface area contributed by atoms with Crippen molar-refractivity contribution in [2.75, 3.05) is 31.3 Å². The Hall–Kier alpha value is -0.700. The first-order valence-corrected chi connectivity index (χ1v) is 30.2. The summed E-state index contributed by atoms with van der Waals surface area (Å²) in [5, 5.41) is 3.09. The van der Waals surface area contributed by atoms with E-state index < -0.39 is 7.26 Å². The fourth-order valence-electron chi connectivity index (χ4n) is 9.16. The van der Waals surface area contributed by atoms with Gasteiger partial charge in [-0.3, -0.25) is 0 Å². The molecule has 0 spiro atoms. The van der Waals surface area contributed by atoms with Crippen LogP contribution in [0.1, 0.15) is 245 Å². The zero-order valence-electron chi connectivity index (χ0n) is 39.0. The third-order valence-electron chi connectivity index (χ3n) is 13.1. The van der Waals surface area contributed by atoms with E-state index in [-0.39, 0.29) is 7.92 Å². The molecule has 0 aromatic heterocycles. The van der Waals surface area contributed by atoms with Crippen molar-refractivity contribution in [1.29, 1.82) is 0 Å². The van der Waals surface area contributed by atoms with Gasteiger partial charge in [0.15, 0.2) is 0 Å². The maximum atomic E-state index is 2.80. The van der Waals surface area contributed by atoms with Gasteiger partial charge in [0.1, 0.15) is 0 Å². The smallest absolute Gasteiger partial charge is 0.0591 e. The molecule has 0 bridgehead atoms. The second-order valence-corrected chi connectivity index (χ2v) is 25.6. The number of rotatable bonds is 43. The van der Waals surface area contributed by atoms with Gasteiger partial charge in [0.25, 0.3) is 0 Å². The summed E-state index contributed by atoms with van der Waals surface area (Å²) in [7, 11) is -0.988. The molecule has 0 saturated heterocycles. The minimum absolute atomic E-state index is 0.220. The van der Waals surface area contributed by atoms with E-state index >= 15 is 0 Å². The molecular weight excluding hydrogens is 723 g/mol. The first-order valence-electron chi connectivity index (χ1n) is 25.9. The minimum atomic E-state index is -0.767. The highest BCUT2D eigenvalue weighted by molar-refractivity contribution is 7.75. The van der Waals surface area contributed by atoms with Gasteiger partial charge in [0, 0.05) is 13.9 Å². The summed E-state index contributed by atoms with van der Waals surface area (Å²) >= 11 is 0. The molecule has 2 rings (SSSR count). The molecule has 2 heteroatoms. The van der Waals surface area contributed by atoms with E-state index in [2.05, 4.69) is 81.2 Å². The first kappa shape index (κ1) is 52.4. The molecule has 2 aromatic carbocycles. The predicted molar refractivity (Wildman–Crippen MR) is 269 cm³/mol. The molecule has 0 aliphatic carbocycles. The fourth-order valence-corrected chi connectivity index (χ4v) is 15.2. The van der Waals surface area contributed by atoms with Crippen LogP contribution in [0.2, 0.25) is 0 Å². The molecule has 57 heavy (non-hydrogen) atoms. The van der Waals surface area contributed by atoms with E-state index in [1.54, 1.807) is 29.1 Å². The van der Waals surface area contributed by atoms with Gasteiger partial charge < -0.3 is 0 Å².